The molecular formula is C10H21BrN2O2S. The van der Waals surface area contributed by atoms with Crippen molar-refractivity contribution in [2.75, 3.05) is 31.5 Å². The van der Waals surface area contributed by atoms with Crippen molar-refractivity contribution in [1.82, 2.24) is 8.61 Å². The molecule has 0 aromatic heterocycles. The molecule has 1 aliphatic rings. The van der Waals surface area contributed by atoms with Crippen molar-refractivity contribution in [3.05, 3.63) is 0 Å². The smallest absolute Gasteiger partial charge is 0.195 e. The largest absolute Gasteiger partial charge is 0.281 e. The second kappa shape index (κ2) is 6.93. The molecule has 6 heteroatoms. The van der Waals surface area contributed by atoms with Crippen LogP contribution >= 0.6 is 15.9 Å². The quantitative estimate of drug-likeness (QED) is 0.702. The number of piperidine rings is 1. The average molecular weight is 313 g/mol. The lowest BCUT2D eigenvalue weighted by atomic mass is 10.2. The molecule has 0 saturated carbocycles. The fourth-order valence-corrected chi connectivity index (χ4v) is 3.91. The number of hydrogen-bond acceptors (Lipinski definition) is 2. The molecule has 0 spiro atoms. The van der Waals surface area contributed by atoms with Crippen LogP contribution in [0.5, 0.6) is 0 Å². The highest BCUT2D eigenvalue weighted by molar-refractivity contribution is 9.09. The van der Waals surface area contributed by atoms with E-state index in [4.69, 9.17) is 0 Å². The lowest BCUT2D eigenvalue weighted by Gasteiger charge is -2.31. The molecule has 0 atom stereocenters. The van der Waals surface area contributed by atoms with Gasteiger partial charge in [0.15, 0.2) is 0 Å². The van der Waals surface area contributed by atoms with E-state index in [-0.39, 0.29) is 0 Å². The first-order valence-corrected chi connectivity index (χ1v) is 8.46. The third-order valence-electron chi connectivity index (χ3n) is 2.86. The van der Waals surface area contributed by atoms with E-state index in [2.05, 4.69) is 15.9 Å². The Bertz CT molecular complexity index is 289. The maximum absolute atomic E-state index is 12.3. The van der Waals surface area contributed by atoms with E-state index < -0.39 is 10.2 Å². The molecular weight excluding hydrogens is 292 g/mol. The SMILES string of the molecule is CCN(CCCBr)S(=O)(=O)N1CCCCC1. The van der Waals surface area contributed by atoms with Gasteiger partial charge in [0.2, 0.25) is 0 Å². The zero-order valence-corrected chi connectivity index (χ0v) is 12.3. The van der Waals surface area contributed by atoms with Crippen LogP contribution in [0.3, 0.4) is 0 Å². The molecule has 1 saturated heterocycles. The number of alkyl halides is 1. The molecule has 1 heterocycles. The molecule has 0 aromatic rings. The second-order valence-corrected chi connectivity index (χ2v) is 6.72. The molecule has 0 N–H and O–H groups in total. The number of halogens is 1. The minimum Gasteiger partial charge on any atom is -0.195 e. The van der Waals surface area contributed by atoms with Crippen LogP contribution < -0.4 is 0 Å². The van der Waals surface area contributed by atoms with Gasteiger partial charge >= 0.3 is 0 Å². The molecule has 96 valence electrons. The molecule has 0 radical (unpaired) electrons. The van der Waals surface area contributed by atoms with E-state index in [9.17, 15) is 8.42 Å². The van der Waals surface area contributed by atoms with Crippen molar-refractivity contribution in [2.24, 2.45) is 0 Å². The van der Waals surface area contributed by atoms with E-state index in [0.717, 1.165) is 31.0 Å². The first kappa shape index (κ1) is 14.4. The average Bonchev–Trinajstić information content (AvgIpc) is 2.31. The summed E-state index contributed by atoms with van der Waals surface area (Å²) in [5.74, 6) is 0. The molecule has 1 fully saturated rings. The van der Waals surface area contributed by atoms with Gasteiger partial charge in [-0.25, -0.2) is 0 Å². The summed E-state index contributed by atoms with van der Waals surface area (Å²) in [6.45, 7) is 4.45. The zero-order valence-electron chi connectivity index (χ0n) is 9.86. The summed E-state index contributed by atoms with van der Waals surface area (Å²) >= 11 is 3.33. The minimum absolute atomic E-state index is 0.561. The zero-order chi connectivity index (χ0) is 12.0. The van der Waals surface area contributed by atoms with Crippen LogP contribution in [0.4, 0.5) is 0 Å². The first-order chi connectivity index (χ1) is 7.62. The number of hydrogen-bond donors (Lipinski definition) is 0. The highest BCUT2D eigenvalue weighted by Crippen LogP contribution is 2.16. The lowest BCUT2D eigenvalue weighted by molar-refractivity contribution is 0.306. The first-order valence-electron chi connectivity index (χ1n) is 5.94. The summed E-state index contributed by atoms with van der Waals surface area (Å²) in [5.41, 5.74) is 0. The molecule has 0 unspecified atom stereocenters. The van der Waals surface area contributed by atoms with E-state index in [1.54, 1.807) is 8.61 Å². The number of rotatable bonds is 6. The Morgan fingerprint density at radius 1 is 1.25 bits per heavy atom. The fraction of sp³-hybridized carbons (Fsp3) is 1.00. The van der Waals surface area contributed by atoms with Crippen LogP contribution in [-0.4, -0.2) is 48.5 Å². The van der Waals surface area contributed by atoms with Gasteiger partial charge in [0.25, 0.3) is 10.2 Å². The summed E-state index contributed by atoms with van der Waals surface area (Å²) in [6.07, 6.45) is 4.00. The Morgan fingerprint density at radius 2 is 1.88 bits per heavy atom. The van der Waals surface area contributed by atoms with E-state index >= 15 is 0 Å². The molecule has 0 bridgehead atoms. The van der Waals surface area contributed by atoms with Gasteiger partial charge in [0, 0.05) is 31.5 Å². The molecule has 0 aromatic carbocycles. The van der Waals surface area contributed by atoms with Crippen molar-refractivity contribution in [1.29, 1.82) is 0 Å². The van der Waals surface area contributed by atoms with Crippen molar-refractivity contribution in [2.45, 2.75) is 32.6 Å². The van der Waals surface area contributed by atoms with Crippen molar-refractivity contribution in [3.63, 3.8) is 0 Å². The molecule has 0 aliphatic carbocycles. The predicted molar refractivity (Wildman–Crippen MR) is 70.0 cm³/mol. The van der Waals surface area contributed by atoms with Gasteiger partial charge in [-0.1, -0.05) is 29.3 Å². The monoisotopic (exact) mass is 312 g/mol. The van der Waals surface area contributed by atoms with E-state index in [1.165, 1.54) is 0 Å². The van der Waals surface area contributed by atoms with Crippen LogP contribution in [0.15, 0.2) is 0 Å². The van der Waals surface area contributed by atoms with Crippen molar-refractivity contribution < 1.29 is 8.42 Å². The Morgan fingerprint density at radius 3 is 2.38 bits per heavy atom. The Hall–Kier alpha value is 0.350. The lowest BCUT2D eigenvalue weighted by Crippen LogP contribution is -2.46. The summed E-state index contributed by atoms with van der Waals surface area (Å²) in [5, 5.41) is 0.846. The third-order valence-corrected chi connectivity index (χ3v) is 5.53. The second-order valence-electron chi connectivity index (χ2n) is 4.00. The topological polar surface area (TPSA) is 40.6 Å². The predicted octanol–water partition coefficient (Wildman–Crippen LogP) is 1.82. The van der Waals surface area contributed by atoms with Crippen LogP contribution in [0.1, 0.15) is 32.6 Å². The van der Waals surface area contributed by atoms with Gasteiger partial charge < -0.3 is 0 Å². The van der Waals surface area contributed by atoms with Gasteiger partial charge in [0.1, 0.15) is 0 Å². The maximum Gasteiger partial charge on any atom is 0.281 e. The Labute approximate surface area is 107 Å². The van der Waals surface area contributed by atoms with Gasteiger partial charge in [-0.15, -0.1) is 0 Å². The Balaban J connectivity index is 2.64. The Kier molecular flexibility index (Phi) is 6.25. The highest BCUT2D eigenvalue weighted by Gasteiger charge is 2.28. The van der Waals surface area contributed by atoms with Gasteiger partial charge in [-0.2, -0.15) is 17.0 Å². The number of nitrogens with zero attached hydrogens (tertiary/aromatic N) is 2. The van der Waals surface area contributed by atoms with Crippen LogP contribution in [0.2, 0.25) is 0 Å². The summed E-state index contributed by atoms with van der Waals surface area (Å²) in [6, 6.07) is 0. The van der Waals surface area contributed by atoms with E-state index in [1.807, 2.05) is 6.92 Å². The van der Waals surface area contributed by atoms with Crippen LogP contribution in [-0.2, 0) is 10.2 Å². The molecule has 1 aliphatic heterocycles. The third kappa shape index (κ3) is 3.68. The van der Waals surface area contributed by atoms with Gasteiger partial charge in [-0.05, 0) is 19.3 Å². The van der Waals surface area contributed by atoms with Gasteiger partial charge in [-0.3, -0.25) is 0 Å². The molecule has 1 rings (SSSR count). The highest BCUT2D eigenvalue weighted by atomic mass is 79.9. The standard InChI is InChI=1S/C10H21BrN2O2S/c1-2-12(10-6-7-11)16(14,15)13-8-4-3-5-9-13/h2-10H2,1H3. The fourth-order valence-electron chi connectivity index (χ4n) is 1.93. The van der Waals surface area contributed by atoms with Gasteiger partial charge in [0.05, 0.1) is 0 Å². The molecule has 16 heavy (non-hydrogen) atoms. The summed E-state index contributed by atoms with van der Waals surface area (Å²) < 4.78 is 27.7. The molecule has 0 amide bonds. The summed E-state index contributed by atoms with van der Waals surface area (Å²) in [7, 11) is -3.20. The molecule has 4 nitrogen and oxygen atoms in total. The van der Waals surface area contributed by atoms with Crippen molar-refractivity contribution >= 4 is 26.1 Å². The minimum atomic E-state index is -3.20. The van der Waals surface area contributed by atoms with E-state index in [0.29, 0.717) is 26.2 Å². The van der Waals surface area contributed by atoms with Crippen LogP contribution in [0.25, 0.3) is 0 Å². The maximum atomic E-state index is 12.3. The van der Waals surface area contributed by atoms with Crippen LogP contribution in [0, 0.1) is 0 Å². The van der Waals surface area contributed by atoms with Crippen molar-refractivity contribution in [3.8, 4) is 0 Å². The summed E-state index contributed by atoms with van der Waals surface area (Å²) in [4.78, 5) is 0. The normalized spacial score (nSPS) is 19.2.